The van der Waals surface area contributed by atoms with Crippen LogP contribution in [0.4, 0.5) is 0 Å². The molecule has 1 aromatic carbocycles. The zero-order valence-electron chi connectivity index (χ0n) is 17.7. The largest absolute Gasteiger partial charge is 0.351 e. The lowest BCUT2D eigenvalue weighted by Gasteiger charge is -2.32. The Kier molecular flexibility index (Phi) is 7.55. The average Bonchev–Trinajstić information content (AvgIpc) is 3.50. The van der Waals surface area contributed by atoms with Gasteiger partial charge in [0.15, 0.2) is 0 Å². The van der Waals surface area contributed by atoms with Gasteiger partial charge < -0.3 is 10.2 Å². The average molecular weight is 468 g/mol. The number of hydrogen-bond donors (Lipinski definition) is 1. The lowest BCUT2D eigenvalue weighted by molar-refractivity contribution is -0.141. The molecule has 0 saturated heterocycles. The quantitative estimate of drug-likeness (QED) is 0.497. The Balaban J connectivity index is 1.68. The van der Waals surface area contributed by atoms with Crippen LogP contribution >= 0.6 is 22.9 Å². The number of nitrogens with one attached hydrogen (secondary N) is 1. The molecule has 0 bridgehead atoms. The predicted octanol–water partition coefficient (Wildman–Crippen LogP) is 5.17. The summed E-state index contributed by atoms with van der Waals surface area (Å²) in [6.45, 7) is 0.295. The number of carbonyl (C=O) groups excluding carboxylic acids is 2. The van der Waals surface area contributed by atoms with E-state index in [-0.39, 0.29) is 24.3 Å². The van der Waals surface area contributed by atoms with Gasteiger partial charge in [-0.3, -0.25) is 14.6 Å². The summed E-state index contributed by atoms with van der Waals surface area (Å²) in [6, 6.07) is 14.2. The molecule has 4 rings (SSSR count). The van der Waals surface area contributed by atoms with Crippen LogP contribution in [0.3, 0.4) is 0 Å². The highest BCUT2D eigenvalue weighted by atomic mass is 35.5. The Morgan fingerprint density at radius 2 is 1.91 bits per heavy atom. The number of nitrogens with zero attached hydrogens (tertiary/aromatic N) is 2. The minimum absolute atomic E-state index is 0.0992. The summed E-state index contributed by atoms with van der Waals surface area (Å²) < 4.78 is 0. The highest BCUT2D eigenvalue weighted by Gasteiger charge is 2.33. The molecule has 3 aromatic rings. The van der Waals surface area contributed by atoms with Gasteiger partial charge in [-0.2, -0.15) is 0 Å². The van der Waals surface area contributed by atoms with Gasteiger partial charge in [-0.05, 0) is 53.6 Å². The monoisotopic (exact) mass is 467 g/mol. The van der Waals surface area contributed by atoms with E-state index in [0.717, 1.165) is 41.7 Å². The standard InChI is InChI=1S/C25H26ClN3O2S/c26-20-11-9-19(10-12-20)24(25(31)28-21-6-1-2-7-21)29(17-18-5-3-13-27-16-18)23(30)15-22-8-4-14-32-22/h3-5,8-14,16,21,24H,1-2,6-7,15,17H2,(H,28,31). The minimum Gasteiger partial charge on any atom is -0.351 e. The van der Waals surface area contributed by atoms with Crippen LogP contribution in [0.15, 0.2) is 66.3 Å². The summed E-state index contributed by atoms with van der Waals surface area (Å²) in [5.41, 5.74) is 1.62. The second-order valence-electron chi connectivity index (χ2n) is 8.08. The van der Waals surface area contributed by atoms with E-state index in [1.54, 1.807) is 40.8 Å². The normalized spacial score (nSPS) is 14.8. The van der Waals surface area contributed by atoms with Crippen molar-refractivity contribution in [2.45, 2.75) is 50.7 Å². The predicted molar refractivity (Wildman–Crippen MR) is 127 cm³/mol. The van der Waals surface area contributed by atoms with Gasteiger partial charge in [-0.1, -0.05) is 48.7 Å². The third-order valence-corrected chi connectivity index (χ3v) is 6.88. The van der Waals surface area contributed by atoms with E-state index in [4.69, 9.17) is 11.6 Å². The Morgan fingerprint density at radius 1 is 1.12 bits per heavy atom. The van der Waals surface area contributed by atoms with Crippen molar-refractivity contribution in [1.29, 1.82) is 0 Å². The summed E-state index contributed by atoms with van der Waals surface area (Å²) in [7, 11) is 0. The van der Waals surface area contributed by atoms with E-state index in [1.807, 2.05) is 41.8 Å². The molecule has 2 heterocycles. The molecule has 2 aromatic heterocycles. The Hall–Kier alpha value is -2.70. The van der Waals surface area contributed by atoms with Crippen LogP contribution in [0, 0.1) is 0 Å². The molecule has 7 heteroatoms. The van der Waals surface area contributed by atoms with Crippen LogP contribution in [-0.2, 0) is 22.6 Å². The smallest absolute Gasteiger partial charge is 0.247 e. The first-order valence-corrected chi connectivity index (χ1v) is 12.1. The molecule has 1 aliphatic rings. The first-order chi connectivity index (χ1) is 15.6. The fraction of sp³-hybridized carbons (Fsp3) is 0.320. The van der Waals surface area contributed by atoms with E-state index in [2.05, 4.69) is 10.3 Å². The Bertz CT molecular complexity index is 1020. The number of aromatic nitrogens is 1. The van der Waals surface area contributed by atoms with E-state index in [9.17, 15) is 9.59 Å². The van der Waals surface area contributed by atoms with Crippen LogP contribution < -0.4 is 5.32 Å². The van der Waals surface area contributed by atoms with Crippen LogP contribution in [0.1, 0.15) is 47.7 Å². The van der Waals surface area contributed by atoms with Gasteiger partial charge in [-0.15, -0.1) is 11.3 Å². The summed E-state index contributed by atoms with van der Waals surface area (Å²) in [4.78, 5) is 33.9. The van der Waals surface area contributed by atoms with E-state index in [1.165, 1.54) is 0 Å². The van der Waals surface area contributed by atoms with Gasteiger partial charge >= 0.3 is 0 Å². The summed E-state index contributed by atoms with van der Waals surface area (Å²) in [5.74, 6) is -0.250. The van der Waals surface area contributed by atoms with Gasteiger partial charge in [-0.25, -0.2) is 0 Å². The Morgan fingerprint density at radius 3 is 2.56 bits per heavy atom. The number of rotatable bonds is 8. The number of halogens is 1. The van der Waals surface area contributed by atoms with Gasteiger partial charge in [0.05, 0.1) is 6.42 Å². The molecule has 2 amide bonds. The highest BCUT2D eigenvalue weighted by molar-refractivity contribution is 7.10. The number of carbonyl (C=O) groups is 2. The van der Waals surface area contributed by atoms with Crippen molar-refractivity contribution < 1.29 is 9.59 Å². The summed E-state index contributed by atoms with van der Waals surface area (Å²) in [6.07, 6.45) is 7.87. The van der Waals surface area contributed by atoms with Gasteiger partial charge in [0, 0.05) is 34.9 Å². The second-order valence-corrected chi connectivity index (χ2v) is 9.55. The van der Waals surface area contributed by atoms with Crippen molar-refractivity contribution in [2.75, 3.05) is 0 Å². The van der Waals surface area contributed by atoms with Crippen molar-refractivity contribution >= 4 is 34.8 Å². The zero-order valence-corrected chi connectivity index (χ0v) is 19.3. The molecule has 0 aliphatic heterocycles. The second kappa shape index (κ2) is 10.7. The molecule has 1 unspecified atom stereocenters. The third-order valence-electron chi connectivity index (χ3n) is 5.75. The molecule has 32 heavy (non-hydrogen) atoms. The molecule has 0 radical (unpaired) electrons. The van der Waals surface area contributed by atoms with Gasteiger partial charge in [0.25, 0.3) is 0 Å². The zero-order chi connectivity index (χ0) is 22.3. The third kappa shape index (κ3) is 5.75. The van der Waals surface area contributed by atoms with Crippen LogP contribution in [0.5, 0.6) is 0 Å². The first-order valence-electron chi connectivity index (χ1n) is 10.9. The lowest BCUT2D eigenvalue weighted by Crippen LogP contribution is -2.46. The summed E-state index contributed by atoms with van der Waals surface area (Å²) >= 11 is 7.65. The Labute approximate surface area is 197 Å². The molecule has 1 aliphatic carbocycles. The fourth-order valence-electron chi connectivity index (χ4n) is 4.14. The highest BCUT2D eigenvalue weighted by Crippen LogP contribution is 2.28. The molecule has 5 nitrogen and oxygen atoms in total. The molecule has 0 spiro atoms. The SMILES string of the molecule is O=C(NC1CCCC1)C(c1ccc(Cl)cc1)N(Cc1cccnc1)C(=O)Cc1cccs1. The number of thiophene rings is 1. The van der Waals surface area contributed by atoms with Crippen molar-refractivity contribution in [3.63, 3.8) is 0 Å². The molecule has 1 saturated carbocycles. The maximum atomic E-state index is 13.6. The maximum Gasteiger partial charge on any atom is 0.247 e. The lowest BCUT2D eigenvalue weighted by atomic mass is 10.0. The van der Waals surface area contributed by atoms with Gasteiger partial charge in [0.2, 0.25) is 11.8 Å². The number of pyridine rings is 1. The molecular weight excluding hydrogens is 442 g/mol. The molecule has 166 valence electrons. The van der Waals surface area contributed by atoms with Crippen molar-refractivity contribution in [3.8, 4) is 0 Å². The maximum absolute atomic E-state index is 13.6. The number of benzene rings is 1. The topological polar surface area (TPSA) is 62.3 Å². The first kappa shape index (κ1) is 22.5. The molecular formula is C25H26ClN3O2S. The van der Waals surface area contributed by atoms with Crippen LogP contribution in [-0.4, -0.2) is 27.7 Å². The van der Waals surface area contributed by atoms with Crippen molar-refractivity contribution in [2.24, 2.45) is 0 Å². The fourth-order valence-corrected chi connectivity index (χ4v) is 4.97. The minimum atomic E-state index is -0.750. The number of hydrogen-bond acceptors (Lipinski definition) is 4. The van der Waals surface area contributed by atoms with E-state index < -0.39 is 6.04 Å². The van der Waals surface area contributed by atoms with Gasteiger partial charge in [0.1, 0.15) is 6.04 Å². The molecule has 1 atom stereocenters. The van der Waals surface area contributed by atoms with E-state index in [0.29, 0.717) is 11.6 Å². The molecule has 1 fully saturated rings. The van der Waals surface area contributed by atoms with Crippen LogP contribution in [0.2, 0.25) is 5.02 Å². The molecule has 1 N–H and O–H groups in total. The number of amides is 2. The van der Waals surface area contributed by atoms with Crippen LogP contribution in [0.25, 0.3) is 0 Å². The van der Waals surface area contributed by atoms with Crippen molar-refractivity contribution in [3.05, 3.63) is 87.3 Å². The van der Waals surface area contributed by atoms with E-state index >= 15 is 0 Å². The summed E-state index contributed by atoms with van der Waals surface area (Å²) in [5, 5.41) is 5.74. The van der Waals surface area contributed by atoms with Crippen molar-refractivity contribution in [1.82, 2.24) is 15.2 Å².